The Morgan fingerprint density at radius 2 is 0.750 bits per heavy atom. The summed E-state index contributed by atoms with van der Waals surface area (Å²) in [4.78, 5) is 22.4. The van der Waals surface area contributed by atoms with E-state index >= 15 is 0 Å². The minimum atomic E-state index is 0.700. The van der Waals surface area contributed by atoms with Crippen LogP contribution in [0.1, 0.15) is 22.8 Å². The molecule has 7 aromatic rings. The van der Waals surface area contributed by atoms with Crippen LogP contribution in [0, 0.1) is 0 Å². The third-order valence-corrected chi connectivity index (χ3v) is 11.6. The van der Waals surface area contributed by atoms with Crippen LogP contribution in [0.2, 0.25) is 10.0 Å². The Morgan fingerprint density at radius 1 is 0.385 bits per heavy atom. The van der Waals surface area contributed by atoms with Crippen molar-refractivity contribution in [3.63, 3.8) is 0 Å². The van der Waals surface area contributed by atoms with E-state index in [-0.39, 0.29) is 0 Å². The van der Waals surface area contributed by atoms with E-state index in [1.807, 2.05) is 60.7 Å². The van der Waals surface area contributed by atoms with Crippen molar-refractivity contribution >= 4 is 93.1 Å². The fraction of sp³-hybridized carbons (Fsp3) is 0. The van der Waals surface area contributed by atoms with Gasteiger partial charge >= 0.3 is 0 Å². The highest BCUT2D eigenvalue weighted by molar-refractivity contribution is 7.99. The Kier molecular flexibility index (Phi) is 8.83. The maximum absolute atomic E-state index is 6.29. The fourth-order valence-corrected chi connectivity index (χ4v) is 8.59. The van der Waals surface area contributed by atoms with Crippen molar-refractivity contribution < 1.29 is 0 Å². The first-order valence-electron chi connectivity index (χ1n) is 16.7. The number of nitrogens with zero attached hydrogens (tertiary/aromatic N) is 2. The summed E-state index contributed by atoms with van der Waals surface area (Å²) in [6, 6.07) is 45.3. The van der Waals surface area contributed by atoms with Crippen LogP contribution >= 0.6 is 46.7 Å². The van der Waals surface area contributed by atoms with Gasteiger partial charge in [-0.05, 0) is 108 Å². The second-order valence-corrected chi connectivity index (χ2v) is 15.3. The molecule has 250 valence electrons. The molecule has 0 aliphatic carbocycles. The van der Waals surface area contributed by atoms with Gasteiger partial charge in [0.15, 0.2) is 0 Å². The van der Waals surface area contributed by atoms with Crippen molar-refractivity contribution in [3.05, 3.63) is 166 Å². The molecule has 8 bridgehead atoms. The molecule has 2 aliphatic heterocycles. The SMILES string of the molecule is Clc1ccc(Sc2c3nc(c(-c4ccccc4)c4ccc([nH]4)c(Sc4ccc(Cl)cc4)c4nc(c(-c5ccccc5)c5ccc2[nH]5)C=C4)C=C3)cc1. The monoisotopic (exact) mass is 746 g/mol. The molecule has 52 heavy (non-hydrogen) atoms. The molecule has 9 rings (SSSR count). The van der Waals surface area contributed by atoms with Crippen molar-refractivity contribution in [1.29, 1.82) is 0 Å². The lowest BCUT2D eigenvalue weighted by molar-refractivity contribution is 1.23. The van der Waals surface area contributed by atoms with Gasteiger partial charge in [0.1, 0.15) is 0 Å². The van der Waals surface area contributed by atoms with E-state index in [0.29, 0.717) is 10.0 Å². The van der Waals surface area contributed by atoms with Gasteiger partial charge in [-0.2, -0.15) is 0 Å². The lowest BCUT2D eigenvalue weighted by atomic mass is 10.0. The number of aromatic amines is 2. The summed E-state index contributed by atoms with van der Waals surface area (Å²) in [6.45, 7) is 0. The second-order valence-electron chi connectivity index (χ2n) is 12.3. The lowest BCUT2D eigenvalue weighted by Crippen LogP contribution is -1.88. The quantitative estimate of drug-likeness (QED) is 0.178. The highest BCUT2D eigenvalue weighted by atomic mass is 35.5. The molecule has 0 unspecified atom stereocenters. The van der Waals surface area contributed by atoms with Crippen molar-refractivity contribution in [2.75, 3.05) is 0 Å². The van der Waals surface area contributed by atoms with Gasteiger partial charge in [-0.3, -0.25) is 0 Å². The highest BCUT2D eigenvalue weighted by Gasteiger charge is 2.18. The number of H-pyrrole nitrogens is 2. The van der Waals surface area contributed by atoms with Gasteiger partial charge in [0.2, 0.25) is 0 Å². The molecule has 0 saturated carbocycles. The summed E-state index contributed by atoms with van der Waals surface area (Å²) < 4.78 is 0. The van der Waals surface area contributed by atoms with Gasteiger partial charge in [-0.15, -0.1) is 0 Å². The maximum Gasteiger partial charge on any atom is 0.0798 e. The van der Waals surface area contributed by atoms with Gasteiger partial charge in [-0.1, -0.05) is 107 Å². The van der Waals surface area contributed by atoms with Crippen LogP contribution in [-0.2, 0) is 0 Å². The summed E-state index contributed by atoms with van der Waals surface area (Å²) in [6.07, 6.45) is 8.45. The molecule has 0 atom stereocenters. The predicted molar refractivity (Wildman–Crippen MR) is 221 cm³/mol. The summed E-state index contributed by atoms with van der Waals surface area (Å²) in [5.74, 6) is 0. The van der Waals surface area contributed by atoms with Crippen LogP contribution in [0.4, 0.5) is 0 Å². The molecule has 3 aromatic heterocycles. The van der Waals surface area contributed by atoms with E-state index in [1.54, 1.807) is 23.5 Å². The van der Waals surface area contributed by atoms with Crippen LogP contribution in [0.5, 0.6) is 0 Å². The van der Waals surface area contributed by atoms with Crippen LogP contribution in [0.3, 0.4) is 0 Å². The third kappa shape index (κ3) is 6.51. The predicted octanol–water partition coefficient (Wildman–Crippen LogP) is 13.6. The summed E-state index contributed by atoms with van der Waals surface area (Å²) in [5, 5.41) is 1.40. The molecule has 0 spiro atoms. The zero-order chi connectivity index (χ0) is 35.0. The van der Waals surface area contributed by atoms with Gasteiger partial charge in [0.25, 0.3) is 0 Å². The maximum atomic E-state index is 6.29. The molecule has 8 heteroatoms. The van der Waals surface area contributed by atoms with E-state index in [1.165, 1.54) is 0 Å². The zero-order valence-corrected chi connectivity index (χ0v) is 30.6. The minimum Gasteiger partial charge on any atom is -0.354 e. The number of nitrogens with one attached hydrogen (secondary N) is 2. The fourth-order valence-electron chi connectivity index (χ4n) is 6.43. The number of hydrogen-bond acceptors (Lipinski definition) is 4. The number of aromatic nitrogens is 4. The molecule has 5 heterocycles. The Hall–Kier alpha value is -5.24. The number of hydrogen-bond donors (Lipinski definition) is 2. The zero-order valence-electron chi connectivity index (χ0n) is 27.5. The first kappa shape index (κ1) is 32.7. The first-order chi connectivity index (χ1) is 25.6. The molecule has 0 saturated heterocycles. The van der Waals surface area contributed by atoms with Crippen molar-refractivity contribution in [3.8, 4) is 22.3 Å². The molecule has 4 nitrogen and oxygen atoms in total. The normalized spacial score (nSPS) is 12.0. The highest BCUT2D eigenvalue weighted by Crippen LogP contribution is 2.40. The van der Waals surface area contributed by atoms with E-state index in [0.717, 1.165) is 86.7 Å². The average Bonchev–Trinajstić information content (AvgIpc) is 4.02. The summed E-state index contributed by atoms with van der Waals surface area (Å²) >= 11 is 15.9. The van der Waals surface area contributed by atoms with E-state index < -0.39 is 0 Å². The molecule has 2 aliphatic rings. The Balaban J connectivity index is 1.40. The Labute approximate surface area is 319 Å². The smallest absolute Gasteiger partial charge is 0.0798 e. The van der Waals surface area contributed by atoms with Crippen molar-refractivity contribution in [2.45, 2.75) is 19.6 Å². The van der Waals surface area contributed by atoms with E-state index in [2.05, 4.69) is 107 Å². The Morgan fingerprint density at radius 3 is 1.15 bits per heavy atom. The average molecular weight is 748 g/mol. The minimum absolute atomic E-state index is 0.700. The van der Waals surface area contributed by atoms with Crippen LogP contribution in [-0.4, -0.2) is 19.9 Å². The van der Waals surface area contributed by atoms with Crippen LogP contribution in [0.15, 0.2) is 153 Å². The molecule has 0 radical (unpaired) electrons. The third-order valence-electron chi connectivity index (χ3n) is 8.85. The molecular formula is C44H28Cl2N4S2. The number of halogens is 2. The number of rotatable bonds is 6. The second kappa shape index (κ2) is 14.1. The van der Waals surface area contributed by atoms with Crippen molar-refractivity contribution in [1.82, 2.24) is 19.9 Å². The van der Waals surface area contributed by atoms with E-state index in [4.69, 9.17) is 33.2 Å². The van der Waals surface area contributed by atoms with Gasteiger partial charge in [-0.25, -0.2) is 9.97 Å². The number of fused-ring (bicyclic) bond motifs is 8. The summed E-state index contributed by atoms with van der Waals surface area (Å²) in [5.41, 5.74) is 11.5. The topological polar surface area (TPSA) is 57.4 Å². The lowest BCUT2D eigenvalue weighted by Gasteiger charge is -2.07. The van der Waals surface area contributed by atoms with Gasteiger partial charge in [0.05, 0.1) is 43.6 Å². The van der Waals surface area contributed by atoms with E-state index in [9.17, 15) is 0 Å². The molecule has 4 aromatic carbocycles. The van der Waals surface area contributed by atoms with Gasteiger partial charge in [0, 0.05) is 42.0 Å². The summed E-state index contributed by atoms with van der Waals surface area (Å²) in [7, 11) is 0. The van der Waals surface area contributed by atoms with Crippen molar-refractivity contribution in [2.24, 2.45) is 0 Å². The first-order valence-corrected chi connectivity index (χ1v) is 19.1. The molecule has 0 fully saturated rings. The molecule has 0 amide bonds. The van der Waals surface area contributed by atoms with Gasteiger partial charge < -0.3 is 9.97 Å². The molecular weight excluding hydrogens is 720 g/mol. The molecule has 2 N–H and O–H groups in total. The largest absolute Gasteiger partial charge is 0.354 e. The number of benzene rings is 4. The standard InChI is InChI=1S/C44H28Cl2N4S2/c45-29-11-15-31(16-12-29)51-43-37-23-19-33(47-37)41(27-7-3-1-4-8-27)34-20-24-38(48-34)44(52-32-17-13-30(46)14-18-32)40-26-22-36(50-40)42(28-9-5-2-6-10-28)35-21-25-39(43)49-35/h1-26,47,50H. The van der Waals surface area contributed by atoms with Crippen LogP contribution in [0.25, 0.3) is 68.6 Å². The Bertz CT molecular complexity index is 2490. The van der Waals surface area contributed by atoms with Crippen LogP contribution < -0.4 is 0 Å².